The van der Waals surface area contributed by atoms with Crippen molar-refractivity contribution in [2.75, 3.05) is 6.26 Å². The van der Waals surface area contributed by atoms with Gasteiger partial charge in [0.1, 0.15) is 11.3 Å². The van der Waals surface area contributed by atoms with E-state index >= 15 is 0 Å². The number of aromatic nitrogens is 1. The predicted octanol–water partition coefficient (Wildman–Crippen LogP) is 1.21. The molecule has 0 saturated carbocycles. The number of nitrogens with one attached hydrogen (secondary N) is 2. The minimum atomic E-state index is -3.84. The van der Waals surface area contributed by atoms with Crippen LogP contribution in [0.1, 0.15) is 32.3 Å². The van der Waals surface area contributed by atoms with Crippen molar-refractivity contribution in [3.05, 3.63) is 41.6 Å². The predicted molar refractivity (Wildman–Crippen MR) is 118 cm³/mol. The molecule has 0 bridgehead atoms. The van der Waals surface area contributed by atoms with E-state index in [-0.39, 0.29) is 19.3 Å². The van der Waals surface area contributed by atoms with Crippen molar-refractivity contribution in [3.8, 4) is 0 Å². The summed E-state index contributed by atoms with van der Waals surface area (Å²) >= 11 is 0. The van der Waals surface area contributed by atoms with Crippen LogP contribution >= 0.6 is 0 Å². The number of nitrogens with zero attached hydrogens (tertiary/aromatic N) is 2. The maximum Gasteiger partial charge on any atom is 0.328 e. The summed E-state index contributed by atoms with van der Waals surface area (Å²) in [5.41, 5.74) is 9.90. The fraction of sp³-hybridized carbons (Fsp3) is 0.429. The Morgan fingerprint density at radius 2 is 1.94 bits per heavy atom. The van der Waals surface area contributed by atoms with Crippen LogP contribution in [-0.2, 0) is 35.4 Å². The first kappa shape index (κ1) is 25.0. The van der Waals surface area contributed by atoms with Crippen LogP contribution < -0.4 is 5.32 Å². The molecule has 2 aromatic rings. The van der Waals surface area contributed by atoms with Gasteiger partial charge in [0.15, 0.2) is 9.84 Å². The summed E-state index contributed by atoms with van der Waals surface area (Å²) in [6.45, 7) is 3.24. The number of carbonyl (C=O) groups excluding carboxylic acids is 3. The van der Waals surface area contributed by atoms with Crippen molar-refractivity contribution < 1.29 is 32.3 Å². The maximum atomic E-state index is 13.0. The molecule has 0 aliphatic rings. The number of hydrogen-bond donors (Lipinski definition) is 2. The van der Waals surface area contributed by atoms with Crippen molar-refractivity contribution in [2.24, 2.45) is 0 Å². The van der Waals surface area contributed by atoms with Crippen molar-refractivity contribution >= 4 is 44.6 Å². The number of amides is 1. The minimum Gasteiger partial charge on any atom is -0.461 e. The molecule has 2 N–H and O–H groups in total. The lowest BCUT2D eigenvalue weighted by molar-refractivity contribution is -0.151. The van der Waals surface area contributed by atoms with Crippen molar-refractivity contribution in [2.45, 2.75) is 50.5 Å². The van der Waals surface area contributed by atoms with Crippen LogP contribution in [0.2, 0.25) is 0 Å². The number of esters is 1. The molecule has 1 amide bonds. The summed E-state index contributed by atoms with van der Waals surface area (Å²) in [6, 6.07) is 6.04. The van der Waals surface area contributed by atoms with Crippen molar-refractivity contribution in [3.63, 3.8) is 0 Å². The van der Waals surface area contributed by atoms with Gasteiger partial charge in [-0.15, -0.1) is 0 Å². The first-order valence-electron chi connectivity index (χ1n) is 9.98. The molecule has 11 heteroatoms. The van der Waals surface area contributed by atoms with Crippen LogP contribution in [0, 0.1) is 0 Å². The number of para-hydroxylation sites is 1. The second-order valence-electron chi connectivity index (χ2n) is 7.68. The molecule has 0 unspecified atom stereocenters. The zero-order valence-electron chi connectivity index (χ0n) is 18.1. The van der Waals surface area contributed by atoms with E-state index < -0.39 is 44.9 Å². The minimum absolute atomic E-state index is 0.100. The summed E-state index contributed by atoms with van der Waals surface area (Å²) < 4.78 is 30.0. The number of hydrogen-bond acceptors (Lipinski definition) is 6. The largest absolute Gasteiger partial charge is 0.461 e. The molecule has 2 atom stereocenters. The number of H-pyrrole nitrogens is 1. The lowest BCUT2D eigenvalue weighted by atomic mass is 10.1. The number of fused-ring (bicyclic) bond motifs is 1. The average Bonchev–Trinajstić information content (AvgIpc) is 3.11. The molecule has 0 aliphatic heterocycles. The van der Waals surface area contributed by atoms with Crippen LogP contribution in [0.15, 0.2) is 30.5 Å². The standard InChI is InChI=1S/C21H26N4O6S/c1-13(2)31-21(28)18(9-8-15(26)12-24-22)25-20(27)19(32(3,29)30)10-14-11-23-17-7-5-4-6-16(14)17/h4-7,11-13,18-19,23H,8-10H2,1-3H3,(H,25,27)/t18-,19-/m0/s1. The summed E-state index contributed by atoms with van der Waals surface area (Å²) in [5, 5.41) is 1.76. The monoisotopic (exact) mass is 462 g/mol. The number of sulfone groups is 1. The Morgan fingerprint density at radius 1 is 1.25 bits per heavy atom. The number of ether oxygens (including phenoxy) is 1. The topological polar surface area (TPSA) is 159 Å². The van der Waals surface area contributed by atoms with Gasteiger partial charge in [0, 0.05) is 36.2 Å². The average molecular weight is 463 g/mol. The van der Waals surface area contributed by atoms with Crippen LogP contribution in [-0.4, -0.2) is 65.7 Å². The van der Waals surface area contributed by atoms with Gasteiger partial charge in [-0.1, -0.05) is 18.2 Å². The lowest BCUT2D eigenvalue weighted by Crippen LogP contribution is -2.49. The molecule has 172 valence electrons. The first-order valence-corrected chi connectivity index (χ1v) is 11.9. The second kappa shape index (κ2) is 10.8. The number of carbonyl (C=O) groups is 3. The van der Waals surface area contributed by atoms with E-state index in [9.17, 15) is 22.8 Å². The molecule has 0 fully saturated rings. The fourth-order valence-electron chi connectivity index (χ4n) is 3.18. The SMILES string of the molecule is CC(C)OC(=O)[C@H](CCC(=O)C=[N+]=[N-])NC(=O)[C@H](Cc1c[nH]c2ccccc12)S(C)(=O)=O. The molecule has 32 heavy (non-hydrogen) atoms. The maximum absolute atomic E-state index is 13.0. The highest BCUT2D eigenvalue weighted by atomic mass is 32.2. The van der Waals surface area contributed by atoms with E-state index in [0.717, 1.165) is 17.2 Å². The van der Waals surface area contributed by atoms with Gasteiger partial charge in [-0.25, -0.2) is 13.2 Å². The van der Waals surface area contributed by atoms with Crippen LogP contribution in [0.5, 0.6) is 0 Å². The highest BCUT2D eigenvalue weighted by Gasteiger charge is 2.34. The molecular formula is C21H26N4O6S. The third-order valence-corrected chi connectivity index (χ3v) is 6.14. The van der Waals surface area contributed by atoms with Crippen LogP contribution in [0.4, 0.5) is 0 Å². The molecule has 1 aromatic carbocycles. The molecule has 10 nitrogen and oxygen atoms in total. The highest BCUT2D eigenvalue weighted by molar-refractivity contribution is 7.92. The Balaban J connectivity index is 2.25. The molecule has 0 radical (unpaired) electrons. The van der Waals surface area contributed by atoms with Gasteiger partial charge < -0.3 is 20.6 Å². The Labute approximate surface area is 185 Å². The highest BCUT2D eigenvalue weighted by Crippen LogP contribution is 2.21. The van der Waals surface area contributed by atoms with Gasteiger partial charge in [-0.05, 0) is 31.9 Å². The normalized spacial score (nSPS) is 13.2. The Hall–Kier alpha value is -3.30. The molecule has 1 aromatic heterocycles. The number of aromatic amines is 1. The number of benzene rings is 1. The van der Waals surface area contributed by atoms with E-state index in [1.54, 1.807) is 26.1 Å². The van der Waals surface area contributed by atoms with E-state index in [4.69, 9.17) is 10.3 Å². The number of Topliss-reactive ketones (excluding diaryl/α,β-unsaturated/α-hetero) is 1. The van der Waals surface area contributed by atoms with Gasteiger partial charge >= 0.3 is 12.2 Å². The van der Waals surface area contributed by atoms with Gasteiger partial charge in [0.2, 0.25) is 11.7 Å². The second-order valence-corrected chi connectivity index (χ2v) is 9.91. The molecule has 0 spiro atoms. The zero-order valence-corrected chi connectivity index (χ0v) is 18.9. The summed E-state index contributed by atoms with van der Waals surface area (Å²) in [5.74, 6) is -2.23. The van der Waals surface area contributed by atoms with E-state index in [0.29, 0.717) is 11.8 Å². The quantitative estimate of drug-likeness (QED) is 0.221. The Morgan fingerprint density at radius 3 is 2.56 bits per heavy atom. The van der Waals surface area contributed by atoms with Crippen molar-refractivity contribution in [1.29, 1.82) is 0 Å². The summed E-state index contributed by atoms with van der Waals surface area (Å²) in [4.78, 5) is 42.7. The molecule has 0 aliphatic carbocycles. The van der Waals surface area contributed by atoms with Gasteiger partial charge in [-0.3, -0.25) is 9.59 Å². The smallest absolute Gasteiger partial charge is 0.328 e. The van der Waals surface area contributed by atoms with E-state index in [1.807, 2.05) is 18.2 Å². The van der Waals surface area contributed by atoms with Crippen LogP contribution in [0.25, 0.3) is 16.4 Å². The summed E-state index contributed by atoms with van der Waals surface area (Å²) in [7, 11) is -3.84. The Kier molecular flexibility index (Phi) is 8.45. The van der Waals surface area contributed by atoms with Gasteiger partial charge in [0.25, 0.3) is 0 Å². The third kappa shape index (κ3) is 6.86. The lowest BCUT2D eigenvalue weighted by Gasteiger charge is -2.21. The van der Waals surface area contributed by atoms with E-state index in [1.165, 1.54) is 0 Å². The van der Waals surface area contributed by atoms with Gasteiger partial charge in [0.05, 0.1) is 6.10 Å². The van der Waals surface area contributed by atoms with Gasteiger partial charge in [-0.2, -0.15) is 4.79 Å². The summed E-state index contributed by atoms with van der Waals surface area (Å²) in [6.07, 6.45) is 2.34. The zero-order chi connectivity index (χ0) is 23.9. The number of rotatable bonds is 11. The fourth-order valence-corrected chi connectivity index (χ4v) is 4.12. The molecule has 0 saturated heterocycles. The molecule has 2 rings (SSSR count). The Bertz CT molecular complexity index is 1150. The molecule has 1 heterocycles. The van der Waals surface area contributed by atoms with Crippen LogP contribution in [0.3, 0.4) is 0 Å². The van der Waals surface area contributed by atoms with E-state index in [2.05, 4.69) is 15.1 Å². The third-order valence-electron chi connectivity index (χ3n) is 4.72. The molecular weight excluding hydrogens is 436 g/mol. The number of ketones is 1. The first-order chi connectivity index (χ1) is 15.0. The van der Waals surface area contributed by atoms with Crippen molar-refractivity contribution in [1.82, 2.24) is 10.3 Å².